The van der Waals surface area contributed by atoms with E-state index >= 15 is 17.6 Å². The van der Waals surface area contributed by atoms with Gasteiger partial charge in [-0.2, -0.15) is 23.4 Å². The molecule has 15 heteroatoms. The molecule has 0 bridgehead atoms. The minimum atomic E-state index is -4.91. The van der Waals surface area contributed by atoms with Gasteiger partial charge in [0.05, 0.1) is 34.0 Å². The molecule has 4 heterocycles. The third-order valence-corrected chi connectivity index (χ3v) is 10.7. The van der Waals surface area contributed by atoms with Crippen LogP contribution in [0.2, 0.25) is 0 Å². The van der Waals surface area contributed by atoms with E-state index in [1.165, 1.54) is 23.8 Å². The smallest absolute Gasteiger partial charge is 0.389 e. The van der Waals surface area contributed by atoms with Crippen LogP contribution in [0.25, 0.3) is 32.1 Å². The molecule has 2 aliphatic heterocycles. The monoisotopic (exact) mass is 672 g/mol. The van der Waals surface area contributed by atoms with Gasteiger partial charge in [0.1, 0.15) is 22.7 Å². The van der Waals surface area contributed by atoms with Gasteiger partial charge in [0, 0.05) is 59.3 Å². The lowest BCUT2D eigenvalue weighted by atomic mass is 9.92. The van der Waals surface area contributed by atoms with Crippen LogP contribution in [0.5, 0.6) is 0 Å². The maximum absolute atomic E-state index is 15.2. The van der Waals surface area contributed by atoms with Crippen molar-refractivity contribution in [3.63, 3.8) is 0 Å². The van der Waals surface area contributed by atoms with Crippen LogP contribution in [-0.4, -0.2) is 64.5 Å². The average molecular weight is 673 g/mol. The Labute approximate surface area is 268 Å². The van der Waals surface area contributed by atoms with E-state index in [9.17, 15) is 14.9 Å². The highest BCUT2D eigenvalue weighted by Crippen LogP contribution is 2.51. The molecule has 0 saturated carbocycles. The summed E-state index contributed by atoms with van der Waals surface area (Å²) in [5.41, 5.74) is 4.13. The van der Waals surface area contributed by atoms with E-state index < -0.39 is 29.4 Å². The lowest BCUT2D eigenvalue weighted by Gasteiger charge is -2.44. The van der Waals surface area contributed by atoms with E-state index in [0.29, 0.717) is 0 Å². The molecule has 1 amide bonds. The topological polar surface area (TPSA) is 117 Å². The zero-order valence-electron chi connectivity index (χ0n) is 24.9. The molecule has 46 heavy (non-hydrogen) atoms. The summed E-state index contributed by atoms with van der Waals surface area (Å²) in [7, 11) is 1.46. The van der Waals surface area contributed by atoms with Crippen molar-refractivity contribution in [3.8, 4) is 17.2 Å². The minimum absolute atomic E-state index is 0.0168. The Balaban J connectivity index is 1.72. The molecule has 6 rings (SSSR count). The summed E-state index contributed by atoms with van der Waals surface area (Å²) in [6, 6.07) is 4.47. The highest BCUT2D eigenvalue weighted by molar-refractivity contribution is 7.99. The Morgan fingerprint density at radius 1 is 1.24 bits per heavy atom. The summed E-state index contributed by atoms with van der Waals surface area (Å²) in [5.74, 6) is -0.723. The number of alkyl halides is 3. The number of nitrogens with zero attached hydrogens (tertiary/aromatic N) is 5. The number of benzene rings is 2. The predicted octanol–water partition coefficient (Wildman–Crippen LogP) is 5.62. The van der Waals surface area contributed by atoms with Crippen LogP contribution in [0, 0.1) is 17.1 Å². The molecule has 3 atom stereocenters. The molecule has 2 aliphatic rings. The van der Waals surface area contributed by atoms with Gasteiger partial charge in [-0.15, -0.1) is 23.1 Å². The second-order valence-electron chi connectivity index (χ2n) is 11.3. The van der Waals surface area contributed by atoms with Crippen LogP contribution in [0.1, 0.15) is 25.0 Å². The van der Waals surface area contributed by atoms with Gasteiger partial charge < -0.3 is 20.3 Å². The maximum atomic E-state index is 15.2. The first kappa shape index (κ1) is 31.8. The van der Waals surface area contributed by atoms with Gasteiger partial charge >= 0.3 is 11.9 Å². The van der Waals surface area contributed by atoms with Crippen molar-refractivity contribution in [1.29, 1.82) is 5.26 Å². The van der Waals surface area contributed by atoms with Crippen LogP contribution in [0.15, 0.2) is 40.5 Å². The molecule has 0 spiro atoms. The zero-order valence-corrected chi connectivity index (χ0v) is 26.6. The molecule has 240 valence electrons. The number of fused-ring (bicyclic) bond motifs is 1. The van der Waals surface area contributed by atoms with Crippen LogP contribution in [-0.2, 0) is 22.3 Å². The number of methoxy groups -OCH3 is 1. The van der Waals surface area contributed by atoms with Gasteiger partial charge in [-0.1, -0.05) is 12.6 Å². The third kappa shape index (κ3) is 4.99. The highest BCUT2D eigenvalue weighted by atomic mass is 32.2. The summed E-state index contributed by atoms with van der Waals surface area (Å²) in [6.07, 6.45) is -4.23. The van der Waals surface area contributed by atoms with Crippen molar-refractivity contribution in [2.24, 2.45) is 0 Å². The minimum Gasteiger partial charge on any atom is -0.389 e. The molecule has 9 nitrogen and oxygen atoms in total. The van der Waals surface area contributed by atoms with Gasteiger partial charge in [-0.3, -0.25) is 9.36 Å². The normalized spacial score (nSPS) is 20.2. The highest BCUT2D eigenvalue weighted by Gasteiger charge is 2.40. The molecular formula is C31H28F4N6O3S2. The lowest BCUT2D eigenvalue weighted by molar-refractivity contribution is -0.137. The number of rotatable bonds is 4. The number of amides is 1. The van der Waals surface area contributed by atoms with E-state index in [2.05, 4.69) is 11.6 Å². The number of aromatic nitrogens is 2. The summed E-state index contributed by atoms with van der Waals surface area (Å²) >= 11 is 1.88. The fourth-order valence-corrected chi connectivity index (χ4v) is 8.82. The molecule has 2 N–H and O–H groups in total. The van der Waals surface area contributed by atoms with Gasteiger partial charge in [0.15, 0.2) is 0 Å². The fourth-order valence-electron chi connectivity index (χ4n) is 6.55. The van der Waals surface area contributed by atoms with Crippen LogP contribution in [0.3, 0.4) is 0 Å². The Hall–Kier alpha value is -4.13. The maximum Gasteiger partial charge on any atom is 0.417 e. The molecule has 0 aliphatic carbocycles. The molecule has 2 aromatic carbocycles. The number of carbonyl (C=O) groups excluding carboxylic acids is 1. The van der Waals surface area contributed by atoms with Crippen molar-refractivity contribution in [2.75, 3.05) is 36.6 Å². The number of anilines is 2. The molecule has 1 fully saturated rings. The average Bonchev–Trinajstić information content (AvgIpc) is 3.22. The summed E-state index contributed by atoms with van der Waals surface area (Å²) < 4.78 is 67.5. The number of nitrogens with two attached hydrogens (primary N) is 1. The quantitative estimate of drug-likeness (QED) is 0.219. The van der Waals surface area contributed by atoms with Gasteiger partial charge in [0.25, 0.3) is 0 Å². The Bertz CT molecular complexity index is 2020. The summed E-state index contributed by atoms with van der Waals surface area (Å²) in [6.45, 7) is 7.64. The predicted molar refractivity (Wildman–Crippen MR) is 171 cm³/mol. The van der Waals surface area contributed by atoms with Crippen LogP contribution < -0.4 is 16.3 Å². The third-order valence-electron chi connectivity index (χ3n) is 8.48. The number of carbonyl (C=O) groups is 1. The second-order valence-corrected chi connectivity index (χ2v) is 13.4. The van der Waals surface area contributed by atoms with E-state index in [-0.39, 0.29) is 96.8 Å². The number of hydrogen-bond donors (Lipinski definition) is 1. The number of nitrogen functional groups attached to an aromatic ring is 1. The molecule has 0 radical (unpaired) electrons. The number of hydrogen-bond acceptors (Lipinski definition) is 9. The first-order valence-electron chi connectivity index (χ1n) is 14.3. The Kier molecular flexibility index (Phi) is 8.02. The first-order valence-corrected chi connectivity index (χ1v) is 16.1. The number of nitriles is 1. The van der Waals surface area contributed by atoms with Crippen LogP contribution in [0.4, 0.5) is 28.4 Å². The van der Waals surface area contributed by atoms with Gasteiger partial charge in [-0.25, -0.2) is 9.18 Å². The summed E-state index contributed by atoms with van der Waals surface area (Å²) in [5, 5.41) is 9.97. The number of thioether (sulfide) groups is 1. The van der Waals surface area contributed by atoms with Crippen molar-refractivity contribution < 1.29 is 27.1 Å². The van der Waals surface area contributed by atoms with Crippen LogP contribution >= 0.6 is 23.1 Å². The molecule has 4 aromatic rings. The fraction of sp³-hybridized carbons (Fsp3) is 0.355. The Morgan fingerprint density at radius 3 is 2.54 bits per heavy atom. The number of ether oxygens (including phenoxy) is 1. The largest absolute Gasteiger partial charge is 0.417 e. The number of thiophene rings is 1. The lowest BCUT2D eigenvalue weighted by Crippen LogP contribution is -2.58. The summed E-state index contributed by atoms with van der Waals surface area (Å²) in [4.78, 5) is 34.1. The van der Waals surface area contributed by atoms with E-state index in [4.69, 9.17) is 10.5 Å². The van der Waals surface area contributed by atoms with Crippen molar-refractivity contribution in [1.82, 2.24) is 14.5 Å². The molecule has 1 saturated heterocycles. The molecule has 2 aromatic heterocycles. The number of piperazine rings is 1. The molecule has 3 unspecified atom stereocenters. The molecular weight excluding hydrogens is 645 g/mol. The van der Waals surface area contributed by atoms with Gasteiger partial charge in [0.2, 0.25) is 5.91 Å². The van der Waals surface area contributed by atoms with Crippen molar-refractivity contribution in [3.05, 3.63) is 58.3 Å². The Morgan fingerprint density at radius 2 is 1.93 bits per heavy atom. The van der Waals surface area contributed by atoms with Gasteiger partial charge in [-0.05, 0) is 37.6 Å². The van der Waals surface area contributed by atoms with E-state index in [1.807, 2.05) is 19.9 Å². The number of halogens is 4. The second kappa shape index (κ2) is 11.6. The van der Waals surface area contributed by atoms with E-state index in [0.717, 1.165) is 35.2 Å². The first-order chi connectivity index (χ1) is 21.8. The van der Waals surface area contributed by atoms with E-state index in [1.54, 1.807) is 9.80 Å². The van der Waals surface area contributed by atoms with Crippen molar-refractivity contribution >= 4 is 60.8 Å². The van der Waals surface area contributed by atoms with Crippen molar-refractivity contribution in [2.45, 2.75) is 49.7 Å². The zero-order chi connectivity index (χ0) is 33.2. The SMILES string of the molecule is C=CC(=O)N1C(C)CN(c2nc(=O)n3c4c(c(-c5ccc(F)c6sc(N)c(C#N)c56)c(C(F)(F)F)cc24)SCC(OC)C3)CC1C. The standard InChI is InChI=1S/C31H28F4N6O3S2/c1-5-22(42)41-14(2)10-39(11-15(41)3)29-18-8-20(31(33,34)35)24(17-6-7-21(32)26-23(17)19(9-36)28(37)46-26)27-25(18)40(30(43)38-29)12-16(44-4)13-45-27/h5-8,14-16H,1,10-13,37H2,2-4H3.